The van der Waals surface area contributed by atoms with Crippen molar-refractivity contribution in [2.24, 2.45) is 0 Å². The summed E-state index contributed by atoms with van der Waals surface area (Å²) in [5, 5.41) is 3.37. The van der Waals surface area contributed by atoms with Crippen molar-refractivity contribution in [3.05, 3.63) is 94.5 Å². The molecule has 0 aliphatic heterocycles. The van der Waals surface area contributed by atoms with Crippen molar-refractivity contribution in [3.63, 3.8) is 0 Å². The highest BCUT2D eigenvalue weighted by atomic mass is 35.5. The number of imidazole rings is 1. The molecule has 0 bridgehead atoms. The van der Waals surface area contributed by atoms with Gasteiger partial charge in [0.05, 0.1) is 11.0 Å². The lowest BCUT2D eigenvalue weighted by Crippen LogP contribution is -2.22. The zero-order valence-electron chi connectivity index (χ0n) is 16.0. The standard InChI is InChI=1S/C23H17ClFN3O2/c1-14-17(24)8-5-10-18(14)26-21(29)13-28-20-11-3-2-9-19(20)27-23(28)22(30)15-6-4-7-16(25)12-15/h2-12H,13H2,1H3,(H,26,29). The quantitative estimate of drug-likeness (QED) is 0.461. The maximum atomic E-state index is 13.6. The van der Waals surface area contributed by atoms with Gasteiger partial charge in [-0.25, -0.2) is 9.37 Å². The molecule has 7 heteroatoms. The van der Waals surface area contributed by atoms with Crippen LogP contribution in [0.5, 0.6) is 0 Å². The summed E-state index contributed by atoms with van der Waals surface area (Å²) in [5.41, 5.74) is 2.71. The van der Waals surface area contributed by atoms with Crippen LogP contribution in [0, 0.1) is 12.7 Å². The Hall–Kier alpha value is -3.51. The number of carbonyl (C=O) groups excluding carboxylic acids is 2. The molecular formula is C23H17ClFN3O2. The summed E-state index contributed by atoms with van der Waals surface area (Å²) in [6.07, 6.45) is 0. The van der Waals surface area contributed by atoms with Gasteiger partial charge in [-0.2, -0.15) is 0 Å². The topological polar surface area (TPSA) is 64.0 Å². The van der Waals surface area contributed by atoms with Crippen LogP contribution in [0.1, 0.15) is 21.7 Å². The summed E-state index contributed by atoms with van der Waals surface area (Å²) in [7, 11) is 0. The van der Waals surface area contributed by atoms with Crippen LogP contribution in [0.25, 0.3) is 11.0 Å². The molecule has 4 rings (SSSR count). The number of nitrogens with one attached hydrogen (secondary N) is 1. The molecule has 0 radical (unpaired) electrons. The minimum atomic E-state index is -0.516. The van der Waals surface area contributed by atoms with Crippen LogP contribution in [-0.2, 0) is 11.3 Å². The first kappa shape index (κ1) is 19.8. The fraction of sp³-hybridized carbons (Fsp3) is 0.0870. The van der Waals surface area contributed by atoms with Crippen LogP contribution < -0.4 is 5.32 Å². The van der Waals surface area contributed by atoms with E-state index >= 15 is 0 Å². The highest BCUT2D eigenvalue weighted by molar-refractivity contribution is 6.31. The van der Waals surface area contributed by atoms with Crippen molar-refractivity contribution >= 4 is 40.0 Å². The molecule has 1 amide bonds. The van der Waals surface area contributed by atoms with Crippen molar-refractivity contribution in [1.29, 1.82) is 0 Å². The summed E-state index contributed by atoms with van der Waals surface area (Å²) < 4.78 is 15.2. The van der Waals surface area contributed by atoms with Crippen molar-refractivity contribution < 1.29 is 14.0 Å². The summed E-state index contributed by atoms with van der Waals surface area (Å²) in [6, 6.07) is 17.8. The lowest BCUT2D eigenvalue weighted by atomic mass is 10.1. The molecule has 1 N–H and O–H groups in total. The molecule has 0 aliphatic carbocycles. The number of para-hydroxylation sites is 2. The van der Waals surface area contributed by atoms with Crippen molar-refractivity contribution in [1.82, 2.24) is 9.55 Å². The molecule has 0 aliphatic rings. The van der Waals surface area contributed by atoms with Gasteiger partial charge in [0.15, 0.2) is 5.82 Å². The number of hydrogen-bond donors (Lipinski definition) is 1. The number of halogens is 2. The van der Waals surface area contributed by atoms with E-state index in [9.17, 15) is 14.0 Å². The van der Waals surface area contributed by atoms with E-state index in [2.05, 4.69) is 10.3 Å². The molecule has 0 unspecified atom stereocenters. The van der Waals surface area contributed by atoms with E-state index in [0.29, 0.717) is 21.7 Å². The van der Waals surface area contributed by atoms with Gasteiger partial charge in [0.1, 0.15) is 12.4 Å². The molecule has 1 aromatic heterocycles. The predicted molar refractivity (Wildman–Crippen MR) is 114 cm³/mol. The second-order valence-electron chi connectivity index (χ2n) is 6.81. The number of benzene rings is 3. The van der Waals surface area contributed by atoms with Gasteiger partial charge in [0, 0.05) is 16.3 Å². The average Bonchev–Trinajstić information content (AvgIpc) is 3.09. The van der Waals surface area contributed by atoms with Crippen LogP contribution in [0.2, 0.25) is 5.02 Å². The first-order chi connectivity index (χ1) is 14.4. The number of rotatable bonds is 5. The fourth-order valence-corrected chi connectivity index (χ4v) is 3.42. The van der Waals surface area contributed by atoms with Gasteiger partial charge in [0.2, 0.25) is 11.7 Å². The molecule has 5 nitrogen and oxygen atoms in total. The van der Waals surface area contributed by atoms with E-state index in [1.54, 1.807) is 42.5 Å². The highest BCUT2D eigenvalue weighted by Gasteiger charge is 2.21. The molecule has 0 saturated heterocycles. The molecule has 150 valence electrons. The minimum absolute atomic E-state index is 0.0692. The Morgan fingerprint density at radius 2 is 1.83 bits per heavy atom. The van der Waals surface area contributed by atoms with E-state index in [0.717, 1.165) is 11.6 Å². The number of fused-ring (bicyclic) bond motifs is 1. The van der Waals surface area contributed by atoms with Crippen molar-refractivity contribution in [3.8, 4) is 0 Å². The van der Waals surface area contributed by atoms with E-state index in [1.165, 1.54) is 22.8 Å². The lowest BCUT2D eigenvalue weighted by molar-refractivity contribution is -0.116. The fourth-order valence-electron chi connectivity index (χ4n) is 3.24. The third kappa shape index (κ3) is 3.82. The van der Waals surface area contributed by atoms with Gasteiger partial charge in [-0.1, -0.05) is 41.9 Å². The largest absolute Gasteiger partial charge is 0.324 e. The second-order valence-corrected chi connectivity index (χ2v) is 7.22. The number of amides is 1. The number of carbonyl (C=O) groups is 2. The zero-order valence-corrected chi connectivity index (χ0v) is 16.8. The summed E-state index contributed by atoms with van der Waals surface area (Å²) in [6.45, 7) is 1.67. The van der Waals surface area contributed by atoms with E-state index in [-0.39, 0.29) is 23.8 Å². The smallest absolute Gasteiger partial charge is 0.244 e. The second kappa shape index (κ2) is 8.08. The molecular weight excluding hydrogens is 405 g/mol. The van der Waals surface area contributed by atoms with E-state index in [1.807, 2.05) is 6.92 Å². The Bertz CT molecular complexity index is 1280. The first-order valence-corrected chi connectivity index (χ1v) is 9.62. The number of nitrogens with zero attached hydrogens (tertiary/aromatic N) is 2. The average molecular weight is 422 g/mol. The van der Waals surface area contributed by atoms with Crippen LogP contribution in [-0.4, -0.2) is 21.2 Å². The normalized spacial score (nSPS) is 10.9. The third-order valence-electron chi connectivity index (χ3n) is 4.79. The monoisotopic (exact) mass is 421 g/mol. The predicted octanol–water partition coefficient (Wildman–Crippen LogP) is 5.01. The Balaban J connectivity index is 1.71. The Kier molecular flexibility index (Phi) is 5.33. The maximum absolute atomic E-state index is 13.6. The molecule has 0 saturated carbocycles. The van der Waals surface area contributed by atoms with E-state index < -0.39 is 11.6 Å². The van der Waals surface area contributed by atoms with Gasteiger partial charge in [-0.3, -0.25) is 9.59 Å². The van der Waals surface area contributed by atoms with Crippen LogP contribution in [0.3, 0.4) is 0 Å². The molecule has 3 aromatic carbocycles. The Morgan fingerprint density at radius 1 is 1.07 bits per heavy atom. The van der Waals surface area contributed by atoms with Gasteiger partial charge in [-0.15, -0.1) is 0 Å². The zero-order chi connectivity index (χ0) is 21.3. The molecule has 30 heavy (non-hydrogen) atoms. The molecule has 4 aromatic rings. The number of anilines is 1. The number of ketones is 1. The highest BCUT2D eigenvalue weighted by Crippen LogP contribution is 2.24. The SMILES string of the molecule is Cc1c(Cl)cccc1NC(=O)Cn1c(C(=O)c2cccc(F)c2)nc2ccccc21. The minimum Gasteiger partial charge on any atom is -0.324 e. The van der Waals surface area contributed by atoms with Crippen LogP contribution in [0.4, 0.5) is 10.1 Å². The third-order valence-corrected chi connectivity index (χ3v) is 5.20. The summed E-state index contributed by atoms with van der Waals surface area (Å²) >= 11 is 6.12. The summed E-state index contributed by atoms with van der Waals surface area (Å²) in [5.74, 6) is -1.24. The lowest BCUT2D eigenvalue weighted by Gasteiger charge is -2.12. The first-order valence-electron chi connectivity index (χ1n) is 9.24. The molecule has 0 fully saturated rings. The van der Waals surface area contributed by atoms with Crippen molar-refractivity contribution in [2.75, 3.05) is 5.32 Å². The Morgan fingerprint density at radius 3 is 2.63 bits per heavy atom. The van der Waals surface area contributed by atoms with Gasteiger partial charge < -0.3 is 9.88 Å². The number of aromatic nitrogens is 2. The summed E-state index contributed by atoms with van der Waals surface area (Å²) in [4.78, 5) is 30.2. The number of hydrogen-bond acceptors (Lipinski definition) is 3. The Labute approximate surface area is 177 Å². The molecule has 0 spiro atoms. The van der Waals surface area contributed by atoms with Crippen LogP contribution in [0.15, 0.2) is 66.7 Å². The molecule has 0 atom stereocenters. The molecule has 1 heterocycles. The van der Waals surface area contributed by atoms with E-state index in [4.69, 9.17) is 11.6 Å². The maximum Gasteiger partial charge on any atom is 0.244 e. The van der Waals surface area contributed by atoms with Crippen molar-refractivity contribution in [2.45, 2.75) is 13.5 Å². The van der Waals surface area contributed by atoms with Gasteiger partial charge in [-0.05, 0) is 48.9 Å². The van der Waals surface area contributed by atoms with Crippen LogP contribution >= 0.6 is 11.6 Å². The van der Waals surface area contributed by atoms with Gasteiger partial charge in [0.25, 0.3) is 0 Å². The van der Waals surface area contributed by atoms with Gasteiger partial charge >= 0.3 is 0 Å².